The summed E-state index contributed by atoms with van der Waals surface area (Å²) in [5.41, 5.74) is 4.02. The lowest BCUT2D eigenvalue weighted by atomic mass is 10.0. The van der Waals surface area contributed by atoms with Gasteiger partial charge in [0, 0.05) is 37.4 Å². The number of aromatic nitrogens is 1. The molecule has 0 bridgehead atoms. The van der Waals surface area contributed by atoms with Crippen molar-refractivity contribution in [3.63, 3.8) is 0 Å². The highest BCUT2D eigenvalue weighted by atomic mass is 19.1. The van der Waals surface area contributed by atoms with Crippen molar-refractivity contribution in [1.29, 1.82) is 0 Å². The summed E-state index contributed by atoms with van der Waals surface area (Å²) in [6.45, 7) is 5.99. The fourth-order valence-electron chi connectivity index (χ4n) is 4.33. The van der Waals surface area contributed by atoms with Gasteiger partial charge >= 0.3 is 0 Å². The highest BCUT2D eigenvalue weighted by Crippen LogP contribution is 2.28. The average molecular weight is 416 g/mol. The van der Waals surface area contributed by atoms with Crippen LogP contribution in [0.3, 0.4) is 0 Å². The van der Waals surface area contributed by atoms with Crippen LogP contribution in [-0.4, -0.2) is 41.0 Å². The summed E-state index contributed by atoms with van der Waals surface area (Å²) in [7, 11) is 0. The lowest BCUT2D eigenvalue weighted by molar-refractivity contribution is 0.236. The molecule has 3 heterocycles. The largest absolute Gasteiger partial charge is 0.460 e. The van der Waals surface area contributed by atoms with Crippen LogP contribution in [0.25, 0.3) is 22.1 Å². The predicted octanol–water partition coefficient (Wildman–Crippen LogP) is 5.34. The molecule has 4 aromatic rings. The molecule has 0 unspecified atom stereocenters. The highest BCUT2D eigenvalue weighted by molar-refractivity contribution is 5.84. The van der Waals surface area contributed by atoms with E-state index in [9.17, 15) is 4.39 Å². The highest BCUT2D eigenvalue weighted by Gasteiger charge is 2.17. The molecule has 5 rings (SSSR count). The first-order chi connectivity index (χ1) is 15.2. The first kappa shape index (κ1) is 19.9. The van der Waals surface area contributed by atoms with Gasteiger partial charge in [-0.05, 0) is 72.6 Å². The van der Waals surface area contributed by atoms with Crippen molar-refractivity contribution >= 4 is 11.0 Å². The molecule has 1 saturated heterocycles. The van der Waals surface area contributed by atoms with E-state index in [0.29, 0.717) is 0 Å². The minimum atomic E-state index is -0.218. The minimum Gasteiger partial charge on any atom is -0.460 e. The van der Waals surface area contributed by atoms with Gasteiger partial charge in [-0.3, -0.25) is 14.8 Å². The molecule has 1 aliphatic rings. The normalized spacial score (nSPS) is 15.9. The van der Waals surface area contributed by atoms with Crippen molar-refractivity contribution < 1.29 is 8.81 Å². The summed E-state index contributed by atoms with van der Waals surface area (Å²) in [4.78, 5) is 9.19. The monoisotopic (exact) mass is 415 g/mol. The van der Waals surface area contributed by atoms with Crippen molar-refractivity contribution in [2.75, 3.05) is 26.2 Å². The zero-order valence-corrected chi connectivity index (χ0v) is 17.5. The van der Waals surface area contributed by atoms with Gasteiger partial charge in [-0.25, -0.2) is 4.39 Å². The molecule has 2 aromatic carbocycles. The van der Waals surface area contributed by atoms with E-state index in [1.54, 1.807) is 12.1 Å². The van der Waals surface area contributed by atoms with Gasteiger partial charge in [0.25, 0.3) is 0 Å². The first-order valence-corrected chi connectivity index (χ1v) is 10.8. The van der Waals surface area contributed by atoms with Gasteiger partial charge in [0.05, 0.1) is 6.54 Å². The van der Waals surface area contributed by atoms with Gasteiger partial charge in [0.2, 0.25) is 0 Å². The predicted molar refractivity (Wildman–Crippen MR) is 121 cm³/mol. The zero-order chi connectivity index (χ0) is 21.0. The lowest BCUT2D eigenvalue weighted by Crippen LogP contribution is -2.30. The Kier molecular flexibility index (Phi) is 5.78. The van der Waals surface area contributed by atoms with Crippen molar-refractivity contribution in [3.8, 4) is 11.1 Å². The number of nitrogens with zero attached hydrogens (tertiary/aromatic N) is 3. The van der Waals surface area contributed by atoms with E-state index in [2.05, 4.69) is 33.0 Å². The fourth-order valence-corrected chi connectivity index (χ4v) is 4.33. The van der Waals surface area contributed by atoms with Gasteiger partial charge < -0.3 is 4.42 Å². The van der Waals surface area contributed by atoms with E-state index in [1.807, 2.05) is 36.7 Å². The van der Waals surface area contributed by atoms with Gasteiger partial charge in [-0.15, -0.1) is 0 Å². The van der Waals surface area contributed by atoms with Gasteiger partial charge in [0.1, 0.15) is 17.2 Å². The molecule has 31 heavy (non-hydrogen) atoms. The minimum absolute atomic E-state index is 0.218. The van der Waals surface area contributed by atoms with Crippen molar-refractivity contribution in [2.45, 2.75) is 19.5 Å². The van der Waals surface area contributed by atoms with E-state index in [4.69, 9.17) is 4.42 Å². The molecular weight excluding hydrogens is 389 g/mol. The number of fused-ring (bicyclic) bond motifs is 1. The smallest absolute Gasteiger partial charge is 0.134 e. The number of furan rings is 1. The molecule has 158 valence electrons. The van der Waals surface area contributed by atoms with E-state index in [0.717, 1.165) is 73.5 Å². The molecule has 0 N–H and O–H groups in total. The van der Waals surface area contributed by atoms with Crippen LogP contribution in [0.15, 0.2) is 77.5 Å². The van der Waals surface area contributed by atoms with E-state index in [1.165, 1.54) is 11.6 Å². The molecule has 0 radical (unpaired) electrons. The summed E-state index contributed by atoms with van der Waals surface area (Å²) in [5.74, 6) is 0.760. The van der Waals surface area contributed by atoms with Crippen molar-refractivity contribution in [2.24, 2.45) is 0 Å². The summed E-state index contributed by atoms with van der Waals surface area (Å²) in [6.07, 6.45) is 4.92. The maximum absolute atomic E-state index is 13.6. The Hall–Kier alpha value is -3.02. The van der Waals surface area contributed by atoms with Crippen LogP contribution in [-0.2, 0) is 13.1 Å². The van der Waals surface area contributed by atoms with Gasteiger partial charge in [0.15, 0.2) is 0 Å². The molecule has 1 fully saturated rings. The van der Waals surface area contributed by atoms with Crippen LogP contribution in [0.1, 0.15) is 17.7 Å². The Balaban J connectivity index is 1.25. The zero-order valence-electron chi connectivity index (χ0n) is 17.5. The summed E-state index contributed by atoms with van der Waals surface area (Å²) in [5, 5.41) is 1.06. The molecule has 0 atom stereocenters. The SMILES string of the molecule is Fc1cccc(-c2ccc3oc(CN4CCCN(Cc5cccnc5)CC4)cc3c2)c1. The first-order valence-electron chi connectivity index (χ1n) is 10.8. The Bertz CT molecular complexity index is 1160. The fraction of sp³-hybridized carbons (Fsp3) is 0.269. The Morgan fingerprint density at radius 1 is 0.839 bits per heavy atom. The number of hydrogen-bond donors (Lipinski definition) is 0. The second-order valence-electron chi connectivity index (χ2n) is 8.24. The van der Waals surface area contributed by atoms with Gasteiger partial charge in [-0.2, -0.15) is 0 Å². The second kappa shape index (κ2) is 9.00. The van der Waals surface area contributed by atoms with Crippen LogP contribution in [0, 0.1) is 5.82 Å². The Labute approximate surface area is 181 Å². The maximum atomic E-state index is 13.6. The van der Waals surface area contributed by atoms with E-state index >= 15 is 0 Å². The summed E-state index contributed by atoms with van der Waals surface area (Å²) >= 11 is 0. The maximum Gasteiger partial charge on any atom is 0.134 e. The second-order valence-corrected chi connectivity index (χ2v) is 8.24. The average Bonchev–Trinajstić information content (AvgIpc) is 3.06. The van der Waals surface area contributed by atoms with Crippen LogP contribution in [0.2, 0.25) is 0 Å². The number of rotatable bonds is 5. The Morgan fingerprint density at radius 3 is 2.48 bits per heavy atom. The topological polar surface area (TPSA) is 32.5 Å². The molecule has 0 saturated carbocycles. The third-order valence-electron chi connectivity index (χ3n) is 5.91. The molecule has 2 aromatic heterocycles. The van der Waals surface area contributed by atoms with Crippen molar-refractivity contribution in [1.82, 2.24) is 14.8 Å². The molecule has 0 spiro atoms. The Morgan fingerprint density at radius 2 is 1.68 bits per heavy atom. The third-order valence-corrected chi connectivity index (χ3v) is 5.91. The molecule has 4 nitrogen and oxygen atoms in total. The standard InChI is InChI=1S/C26H26FN3O/c27-24-6-1-5-21(15-24)22-7-8-26-23(14-22)16-25(31-26)19-30-11-3-10-29(12-13-30)18-20-4-2-9-28-17-20/h1-2,4-9,14-17H,3,10-13,18-19H2. The number of benzene rings is 2. The lowest BCUT2D eigenvalue weighted by Gasteiger charge is -2.21. The molecule has 1 aliphatic heterocycles. The molecule has 5 heteroatoms. The van der Waals surface area contributed by atoms with E-state index < -0.39 is 0 Å². The van der Waals surface area contributed by atoms with Crippen LogP contribution < -0.4 is 0 Å². The quantitative estimate of drug-likeness (QED) is 0.440. The number of halogens is 1. The molecular formula is C26H26FN3O. The van der Waals surface area contributed by atoms with Crippen LogP contribution in [0.4, 0.5) is 4.39 Å². The molecule has 0 amide bonds. The molecule has 0 aliphatic carbocycles. The van der Waals surface area contributed by atoms with Crippen LogP contribution >= 0.6 is 0 Å². The van der Waals surface area contributed by atoms with Crippen molar-refractivity contribution in [3.05, 3.63) is 90.2 Å². The van der Waals surface area contributed by atoms with Gasteiger partial charge in [-0.1, -0.05) is 24.3 Å². The third kappa shape index (κ3) is 4.84. The number of hydrogen-bond acceptors (Lipinski definition) is 4. The summed E-state index contributed by atoms with van der Waals surface area (Å²) in [6, 6.07) is 19.0. The van der Waals surface area contributed by atoms with Crippen LogP contribution in [0.5, 0.6) is 0 Å². The number of pyridine rings is 1. The van der Waals surface area contributed by atoms with E-state index in [-0.39, 0.29) is 5.82 Å². The summed E-state index contributed by atoms with van der Waals surface area (Å²) < 4.78 is 19.7.